The molecule has 1 saturated heterocycles. The van der Waals surface area contributed by atoms with Crippen molar-refractivity contribution in [2.75, 3.05) is 19.7 Å². The number of fused-ring (bicyclic) bond motifs is 1. The molecular weight excluding hydrogens is 316 g/mol. The third-order valence-electron chi connectivity index (χ3n) is 4.19. The van der Waals surface area contributed by atoms with Gasteiger partial charge in [0.05, 0.1) is 6.61 Å². The largest absolute Gasteiger partial charge is 0.494 e. The maximum absolute atomic E-state index is 5.62. The van der Waals surface area contributed by atoms with Gasteiger partial charge in [0.2, 0.25) is 0 Å². The van der Waals surface area contributed by atoms with Crippen LogP contribution in [0.25, 0.3) is 10.9 Å². The number of piperidine rings is 1. The number of rotatable bonds is 3. The van der Waals surface area contributed by atoms with Gasteiger partial charge in [0, 0.05) is 34.0 Å². The summed E-state index contributed by atoms with van der Waals surface area (Å²) in [5, 5.41) is 4.69. The van der Waals surface area contributed by atoms with Crippen molar-refractivity contribution in [3.8, 4) is 5.75 Å². The van der Waals surface area contributed by atoms with Crippen molar-refractivity contribution in [3.63, 3.8) is 0 Å². The zero-order valence-corrected chi connectivity index (χ0v) is 13.7. The molecule has 0 unspecified atom stereocenters. The van der Waals surface area contributed by atoms with E-state index in [1.165, 1.54) is 33.9 Å². The highest BCUT2D eigenvalue weighted by Crippen LogP contribution is 2.39. The Kier molecular flexibility index (Phi) is 4.03. The summed E-state index contributed by atoms with van der Waals surface area (Å²) in [5.74, 6) is 1.58. The van der Waals surface area contributed by atoms with E-state index in [1.807, 2.05) is 6.92 Å². The summed E-state index contributed by atoms with van der Waals surface area (Å²) in [6.07, 6.45) is 2.42. The molecular formula is C16H21BrN2O. The van der Waals surface area contributed by atoms with Crippen molar-refractivity contribution in [1.82, 2.24) is 9.88 Å². The predicted octanol–water partition coefficient (Wildman–Crippen LogP) is 3.81. The van der Waals surface area contributed by atoms with Gasteiger partial charge in [-0.1, -0.05) is 0 Å². The second kappa shape index (κ2) is 5.78. The second-order valence-electron chi connectivity index (χ2n) is 5.39. The van der Waals surface area contributed by atoms with Crippen LogP contribution in [0.15, 0.2) is 22.7 Å². The molecule has 4 heteroatoms. The van der Waals surface area contributed by atoms with Gasteiger partial charge in [-0.3, -0.25) is 0 Å². The molecule has 2 heterocycles. The lowest BCUT2D eigenvalue weighted by molar-refractivity contribution is 0.340. The molecule has 0 spiro atoms. The lowest BCUT2D eigenvalue weighted by Gasteiger charge is -2.24. The van der Waals surface area contributed by atoms with Crippen LogP contribution in [0.4, 0.5) is 0 Å². The van der Waals surface area contributed by atoms with E-state index >= 15 is 0 Å². The molecule has 1 aromatic heterocycles. The Bertz CT molecular complexity index is 614. The lowest BCUT2D eigenvalue weighted by atomic mass is 9.94. The first-order valence-electron chi connectivity index (χ1n) is 7.33. The molecule has 0 saturated carbocycles. The Morgan fingerprint density at radius 2 is 2.10 bits per heavy atom. The molecule has 20 heavy (non-hydrogen) atoms. The molecule has 1 fully saturated rings. The van der Waals surface area contributed by atoms with E-state index in [9.17, 15) is 0 Å². The van der Waals surface area contributed by atoms with Gasteiger partial charge in [-0.15, -0.1) is 0 Å². The number of aryl methyl sites for hydroxylation is 1. The van der Waals surface area contributed by atoms with E-state index < -0.39 is 0 Å². The van der Waals surface area contributed by atoms with E-state index in [-0.39, 0.29) is 0 Å². The minimum atomic E-state index is 0.638. The number of aromatic nitrogens is 1. The first-order chi connectivity index (χ1) is 9.72. The predicted molar refractivity (Wildman–Crippen MR) is 86.6 cm³/mol. The van der Waals surface area contributed by atoms with Crippen molar-refractivity contribution in [2.45, 2.75) is 25.7 Å². The molecule has 0 atom stereocenters. The third-order valence-corrected chi connectivity index (χ3v) is 5.02. The van der Waals surface area contributed by atoms with E-state index in [4.69, 9.17) is 4.74 Å². The molecule has 3 rings (SSSR count). The fraction of sp³-hybridized carbons (Fsp3) is 0.500. The van der Waals surface area contributed by atoms with Gasteiger partial charge < -0.3 is 14.6 Å². The highest BCUT2D eigenvalue weighted by molar-refractivity contribution is 9.10. The fourth-order valence-corrected chi connectivity index (χ4v) is 4.11. The SMILES string of the molecule is CCOc1ccc2c(c1)c(Br)c(C1CCNCC1)n2C. The van der Waals surface area contributed by atoms with Crippen molar-refractivity contribution in [2.24, 2.45) is 7.05 Å². The summed E-state index contributed by atoms with van der Waals surface area (Å²) in [4.78, 5) is 0. The topological polar surface area (TPSA) is 26.2 Å². The van der Waals surface area contributed by atoms with Crippen LogP contribution in [-0.4, -0.2) is 24.3 Å². The average Bonchev–Trinajstić information content (AvgIpc) is 2.72. The third kappa shape index (κ3) is 2.35. The van der Waals surface area contributed by atoms with E-state index in [1.54, 1.807) is 0 Å². The Labute approximate surface area is 128 Å². The van der Waals surface area contributed by atoms with Crippen LogP contribution in [0.5, 0.6) is 5.75 Å². The number of halogens is 1. The van der Waals surface area contributed by atoms with Gasteiger partial charge in [0.15, 0.2) is 0 Å². The van der Waals surface area contributed by atoms with Gasteiger partial charge in [0.25, 0.3) is 0 Å². The smallest absolute Gasteiger partial charge is 0.120 e. The maximum Gasteiger partial charge on any atom is 0.120 e. The molecule has 0 aliphatic carbocycles. The normalized spacial score (nSPS) is 16.8. The Morgan fingerprint density at radius 1 is 1.35 bits per heavy atom. The molecule has 1 aliphatic rings. The van der Waals surface area contributed by atoms with Gasteiger partial charge in [-0.2, -0.15) is 0 Å². The van der Waals surface area contributed by atoms with Crippen LogP contribution in [0.2, 0.25) is 0 Å². The number of hydrogen-bond donors (Lipinski definition) is 1. The molecule has 1 N–H and O–H groups in total. The van der Waals surface area contributed by atoms with Gasteiger partial charge in [0.1, 0.15) is 5.75 Å². The molecule has 2 aromatic rings. The highest BCUT2D eigenvalue weighted by Gasteiger charge is 2.23. The number of nitrogens with zero attached hydrogens (tertiary/aromatic N) is 1. The highest BCUT2D eigenvalue weighted by atomic mass is 79.9. The van der Waals surface area contributed by atoms with Crippen molar-refractivity contribution >= 4 is 26.8 Å². The molecule has 1 aromatic carbocycles. The first-order valence-corrected chi connectivity index (χ1v) is 8.13. The molecule has 108 valence electrons. The second-order valence-corrected chi connectivity index (χ2v) is 6.19. The summed E-state index contributed by atoms with van der Waals surface area (Å²) >= 11 is 3.83. The molecule has 0 radical (unpaired) electrons. The summed E-state index contributed by atoms with van der Waals surface area (Å²) in [6.45, 7) is 4.95. The van der Waals surface area contributed by atoms with Crippen LogP contribution in [-0.2, 0) is 7.05 Å². The standard InChI is InChI=1S/C16H21BrN2O/c1-3-20-12-4-5-14-13(10-12)15(17)16(19(14)2)11-6-8-18-9-7-11/h4-5,10-11,18H,3,6-9H2,1-2H3. The van der Waals surface area contributed by atoms with Crippen LogP contribution < -0.4 is 10.1 Å². The van der Waals surface area contributed by atoms with Crippen molar-refractivity contribution in [1.29, 1.82) is 0 Å². The van der Waals surface area contributed by atoms with E-state index in [2.05, 4.69) is 51.1 Å². The van der Waals surface area contributed by atoms with Crippen LogP contribution in [0.1, 0.15) is 31.4 Å². The van der Waals surface area contributed by atoms with E-state index in [0.717, 1.165) is 18.8 Å². The van der Waals surface area contributed by atoms with Crippen LogP contribution >= 0.6 is 15.9 Å². The molecule has 0 bridgehead atoms. The molecule has 1 aliphatic heterocycles. The van der Waals surface area contributed by atoms with Gasteiger partial charge >= 0.3 is 0 Å². The minimum absolute atomic E-state index is 0.638. The average molecular weight is 337 g/mol. The molecule has 3 nitrogen and oxygen atoms in total. The summed E-state index contributed by atoms with van der Waals surface area (Å²) in [5.41, 5.74) is 2.70. The quantitative estimate of drug-likeness (QED) is 0.922. The number of benzene rings is 1. The monoisotopic (exact) mass is 336 g/mol. The van der Waals surface area contributed by atoms with Gasteiger partial charge in [-0.05, 0) is 67.0 Å². The number of ether oxygens (including phenoxy) is 1. The Hall–Kier alpha value is -1.00. The minimum Gasteiger partial charge on any atom is -0.494 e. The van der Waals surface area contributed by atoms with Crippen LogP contribution in [0.3, 0.4) is 0 Å². The zero-order valence-electron chi connectivity index (χ0n) is 12.1. The number of hydrogen-bond acceptors (Lipinski definition) is 2. The van der Waals surface area contributed by atoms with Gasteiger partial charge in [-0.25, -0.2) is 0 Å². The lowest BCUT2D eigenvalue weighted by Crippen LogP contribution is -2.27. The van der Waals surface area contributed by atoms with E-state index in [0.29, 0.717) is 12.5 Å². The van der Waals surface area contributed by atoms with Crippen molar-refractivity contribution < 1.29 is 4.74 Å². The zero-order chi connectivity index (χ0) is 14.1. The maximum atomic E-state index is 5.62. The summed E-state index contributed by atoms with van der Waals surface area (Å²) in [7, 11) is 2.17. The summed E-state index contributed by atoms with van der Waals surface area (Å²) < 4.78 is 9.20. The first kappa shape index (κ1) is 14.0. The number of nitrogens with one attached hydrogen (secondary N) is 1. The Morgan fingerprint density at radius 3 is 2.80 bits per heavy atom. The molecule has 0 amide bonds. The fourth-order valence-electron chi connectivity index (χ4n) is 3.20. The summed E-state index contributed by atoms with van der Waals surface area (Å²) in [6, 6.07) is 6.37. The van der Waals surface area contributed by atoms with Crippen molar-refractivity contribution in [3.05, 3.63) is 28.4 Å². The van der Waals surface area contributed by atoms with Crippen LogP contribution in [0, 0.1) is 0 Å². The Balaban J connectivity index is 2.08.